The third-order valence-electron chi connectivity index (χ3n) is 3.81. The molecule has 100 valence electrons. The molecule has 1 fully saturated rings. The molecule has 0 saturated carbocycles. The molecule has 0 bridgehead atoms. The minimum Gasteiger partial charge on any atom is -0.389 e. The van der Waals surface area contributed by atoms with Crippen molar-refractivity contribution in [2.24, 2.45) is 5.92 Å². The van der Waals surface area contributed by atoms with Crippen molar-refractivity contribution >= 4 is 5.82 Å². The first-order valence-corrected chi connectivity index (χ1v) is 6.54. The summed E-state index contributed by atoms with van der Waals surface area (Å²) < 4.78 is 0. The Morgan fingerprint density at radius 3 is 2.72 bits per heavy atom. The molecule has 18 heavy (non-hydrogen) atoms. The Hall–Kier alpha value is -1.13. The quantitative estimate of drug-likeness (QED) is 0.881. The van der Waals surface area contributed by atoms with Crippen LogP contribution in [0.2, 0.25) is 0 Å². The Kier molecular flexibility index (Phi) is 3.88. The summed E-state index contributed by atoms with van der Waals surface area (Å²) >= 11 is 0. The second-order valence-corrected chi connectivity index (χ2v) is 5.54. The molecule has 0 spiro atoms. The van der Waals surface area contributed by atoms with Crippen LogP contribution in [-0.2, 0) is 0 Å². The van der Waals surface area contributed by atoms with Crippen molar-refractivity contribution in [3.05, 3.63) is 23.9 Å². The lowest BCUT2D eigenvalue weighted by atomic mass is 10.1. The Balaban J connectivity index is 2.16. The van der Waals surface area contributed by atoms with E-state index in [-0.39, 0.29) is 0 Å². The third-order valence-corrected chi connectivity index (χ3v) is 3.81. The van der Waals surface area contributed by atoms with E-state index in [0.29, 0.717) is 12.0 Å². The maximum atomic E-state index is 9.63. The molecule has 0 radical (unpaired) electrons. The molecular formula is C14H23N3O. The number of rotatable bonds is 3. The van der Waals surface area contributed by atoms with Crippen LogP contribution in [0.15, 0.2) is 18.3 Å². The van der Waals surface area contributed by atoms with Crippen LogP contribution < -0.4 is 4.90 Å². The fourth-order valence-corrected chi connectivity index (χ4v) is 2.68. The largest absolute Gasteiger partial charge is 0.389 e. The summed E-state index contributed by atoms with van der Waals surface area (Å²) in [6.45, 7) is 6.10. The van der Waals surface area contributed by atoms with Gasteiger partial charge >= 0.3 is 0 Å². The topological polar surface area (TPSA) is 39.6 Å². The van der Waals surface area contributed by atoms with Gasteiger partial charge in [0.2, 0.25) is 0 Å². The number of hydrogen-bond acceptors (Lipinski definition) is 4. The summed E-state index contributed by atoms with van der Waals surface area (Å²) in [5.41, 5.74) is 0.931. The van der Waals surface area contributed by atoms with Gasteiger partial charge in [-0.1, -0.05) is 6.92 Å². The van der Waals surface area contributed by atoms with Gasteiger partial charge in [0.1, 0.15) is 5.82 Å². The smallest absolute Gasteiger partial charge is 0.128 e. The first kappa shape index (κ1) is 13.3. The lowest BCUT2D eigenvalue weighted by molar-refractivity contribution is 0.199. The Morgan fingerprint density at radius 1 is 1.44 bits per heavy atom. The molecule has 1 aliphatic heterocycles. The minimum absolute atomic E-state index is 0.434. The Bertz CT molecular complexity index is 406. The average Bonchev–Trinajstić information content (AvgIpc) is 2.71. The zero-order chi connectivity index (χ0) is 13.3. The van der Waals surface area contributed by atoms with Crippen molar-refractivity contribution in [1.29, 1.82) is 0 Å². The van der Waals surface area contributed by atoms with Gasteiger partial charge in [0.15, 0.2) is 0 Å². The standard InChI is InChI=1S/C14H23N3O/c1-10-8-17(9-13(10)16(3)4)14-7-12(11(2)18)5-6-15-14/h5-7,10-11,13,18H,8-9H2,1-4H3/t10?,11-,13?/m1/s1. The molecule has 1 aromatic rings. The molecule has 1 aliphatic rings. The predicted molar refractivity (Wildman–Crippen MR) is 73.7 cm³/mol. The minimum atomic E-state index is -0.434. The van der Waals surface area contributed by atoms with Gasteiger partial charge < -0.3 is 14.9 Å². The van der Waals surface area contributed by atoms with Crippen molar-refractivity contribution < 1.29 is 5.11 Å². The Morgan fingerprint density at radius 2 is 2.17 bits per heavy atom. The number of anilines is 1. The van der Waals surface area contributed by atoms with Crippen LogP contribution >= 0.6 is 0 Å². The summed E-state index contributed by atoms with van der Waals surface area (Å²) in [5, 5.41) is 9.63. The van der Waals surface area contributed by atoms with E-state index in [1.54, 1.807) is 13.1 Å². The Labute approximate surface area is 109 Å². The molecule has 2 rings (SSSR count). The monoisotopic (exact) mass is 249 g/mol. The van der Waals surface area contributed by atoms with E-state index in [0.717, 1.165) is 24.5 Å². The van der Waals surface area contributed by atoms with Gasteiger partial charge in [0, 0.05) is 25.3 Å². The summed E-state index contributed by atoms with van der Waals surface area (Å²) in [5.74, 6) is 1.61. The zero-order valence-corrected chi connectivity index (χ0v) is 11.7. The number of hydrogen-bond donors (Lipinski definition) is 1. The van der Waals surface area contributed by atoms with Crippen LogP contribution in [0, 0.1) is 5.92 Å². The third kappa shape index (κ3) is 2.65. The maximum absolute atomic E-state index is 9.63. The highest BCUT2D eigenvalue weighted by atomic mass is 16.3. The van der Waals surface area contributed by atoms with Gasteiger partial charge in [-0.05, 0) is 44.6 Å². The van der Waals surface area contributed by atoms with Gasteiger partial charge in [-0.25, -0.2) is 4.98 Å². The summed E-state index contributed by atoms with van der Waals surface area (Å²) in [4.78, 5) is 9.02. The summed E-state index contributed by atoms with van der Waals surface area (Å²) in [6.07, 6.45) is 1.35. The molecule has 3 atom stereocenters. The van der Waals surface area contributed by atoms with E-state index in [1.165, 1.54) is 0 Å². The highest BCUT2D eigenvalue weighted by molar-refractivity contribution is 5.43. The van der Waals surface area contributed by atoms with Gasteiger partial charge in [0.05, 0.1) is 6.10 Å². The van der Waals surface area contributed by atoms with Gasteiger partial charge in [-0.3, -0.25) is 0 Å². The number of aliphatic hydroxyl groups excluding tert-OH is 1. The number of likely N-dealkylation sites (N-methyl/N-ethyl adjacent to an activating group) is 1. The number of nitrogens with zero attached hydrogens (tertiary/aromatic N) is 3. The van der Waals surface area contributed by atoms with Crippen molar-refractivity contribution in [2.45, 2.75) is 26.0 Å². The molecule has 0 amide bonds. The number of aromatic nitrogens is 1. The second-order valence-electron chi connectivity index (χ2n) is 5.54. The van der Waals surface area contributed by atoms with Crippen LogP contribution in [0.3, 0.4) is 0 Å². The lowest BCUT2D eigenvalue weighted by Gasteiger charge is -2.22. The van der Waals surface area contributed by atoms with Crippen LogP contribution in [0.25, 0.3) is 0 Å². The van der Waals surface area contributed by atoms with Gasteiger partial charge in [-0.2, -0.15) is 0 Å². The second kappa shape index (κ2) is 5.24. The molecule has 0 aromatic carbocycles. The van der Waals surface area contributed by atoms with Crippen LogP contribution in [0.5, 0.6) is 0 Å². The van der Waals surface area contributed by atoms with Gasteiger partial charge in [-0.15, -0.1) is 0 Å². The van der Waals surface area contributed by atoms with E-state index in [9.17, 15) is 5.11 Å². The molecule has 4 heteroatoms. The van der Waals surface area contributed by atoms with Crippen LogP contribution in [0.4, 0.5) is 5.82 Å². The predicted octanol–water partition coefficient (Wildman–Crippen LogP) is 1.52. The van der Waals surface area contributed by atoms with E-state index in [1.807, 2.05) is 12.1 Å². The lowest BCUT2D eigenvalue weighted by Crippen LogP contribution is -2.34. The van der Waals surface area contributed by atoms with Crippen molar-refractivity contribution in [3.63, 3.8) is 0 Å². The fourth-order valence-electron chi connectivity index (χ4n) is 2.68. The first-order chi connectivity index (χ1) is 8.49. The highest BCUT2D eigenvalue weighted by Gasteiger charge is 2.31. The summed E-state index contributed by atoms with van der Waals surface area (Å²) in [6, 6.07) is 4.44. The van der Waals surface area contributed by atoms with E-state index in [2.05, 4.69) is 35.8 Å². The normalized spacial score (nSPS) is 25.8. The molecule has 1 saturated heterocycles. The van der Waals surface area contributed by atoms with E-state index < -0.39 is 6.10 Å². The average molecular weight is 249 g/mol. The number of aliphatic hydroxyl groups is 1. The molecule has 0 aliphatic carbocycles. The SMILES string of the molecule is CC1CN(c2cc([C@@H](C)O)ccn2)CC1N(C)C. The molecular weight excluding hydrogens is 226 g/mol. The summed E-state index contributed by atoms with van der Waals surface area (Å²) in [7, 11) is 4.26. The van der Waals surface area contributed by atoms with Gasteiger partial charge in [0.25, 0.3) is 0 Å². The van der Waals surface area contributed by atoms with Crippen LogP contribution in [-0.4, -0.2) is 48.2 Å². The highest BCUT2D eigenvalue weighted by Crippen LogP contribution is 2.26. The van der Waals surface area contributed by atoms with E-state index in [4.69, 9.17) is 0 Å². The maximum Gasteiger partial charge on any atom is 0.128 e. The first-order valence-electron chi connectivity index (χ1n) is 6.54. The van der Waals surface area contributed by atoms with E-state index >= 15 is 0 Å². The molecule has 1 aromatic heterocycles. The van der Waals surface area contributed by atoms with Crippen molar-refractivity contribution in [2.75, 3.05) is 32.1 Å². The molecule has 2 unspecified atom stereocenters. The molecule has 2 heterocycles. The zero-order valence-electron chi connectivity index (χ0n) is 11.7. The van der Waals surface area contributed by atoms with Crippen molar-refractivity contribution in [3.8, 4) is 0 Å². The fraction of sp³-hybridized carbons (Fsp3) is 0.643. The molecule has 1 N–H and O–H groups in total. The van der Waals surface area contributed by atoms with Crippen LogP contribution in [0.1, 0.15) is 25.5 Å². The number of pyridine rings is 1. The molecule has 4 nitrogen and oxygen atoms in total. The van der Waals surface area contributed by atoms with Crippen molar-refractivity contribution in [1.82, 2.24) is 9.88 Å².